The number of aryl methyl sites for hydroxylation is 1. The van der Waals surface area contributed by atoms with Crippen molar-refractivity contribution in [1.82, 2.24) is 9.29 Å². The number of benzene rings is 1. The highest BCUT2D eigenvalue weighted by Gasteiger charge is 2.27. The summed E-state index contributed by atoms with van der Waals surface area (Å²) in [5.41, 5.74) is 1.41. The molecule has 0 saturated carbocycles. The summed E-state index contributed by atoms with van der Waals surface area (Å²) >= 11 is 0. The molecule has 0 spiro atoms. The first kappa shape index (κ1) is 20.0. The van der Waals surface area contributed by atoms with Gasteiger partial charge in [-0.25, -0.2) is 13.2 Å². The molecule has 0 fully saturated rings. The number of nitrogens with zero attached hydrogens (tertiary/aromatic N) is 2. The van der Waals surface area contributed by atoms with Gasteiger partial charge in [0.05, 0.1) is 36.4 Å². The summed E-state index contributed by atoms with van der Waals surface area (Å²) in [6, 6.07) is 9.72. The summed E-state index contributed by atoms with van der Waals surface area (Å²) in [4.78, 5) is 16.0. The normalized spacial score (nSPS) is 11.5. The third-order valence-electron chi connectivity index (χ3n) is 3.82. The van der Waals surface area contributed by atoms with Crippen LogP contribution in [0, 0.1) is 6.92 Å². The largest absolute Gasteiger partial charge is 0.465 e. The van der Waals surface area contributed by atoms with E-state index in [0.717, 1.165) is 0 Å². The molecule has 0 atom stereocenters. The van der Waals surface area contributed by atoms with Crippen molar-refractivity contribution in [2.75, 3.05) is 27.4 Å². The molecule has 0 saturated heterocycles. The standard InChI is InChI=1S/C18H22N2O5S/c1-14-12-15(18(21)25-3)7-8-17(14)26(22,23)20(10-11-24-2)13-16-6-4-5-9-19-16/h4-9,12H,10-11,13H2,1-3H3. The van der Waals surface area contributed by atoms with Crippen LogP contribution < -0.4 is 0 Å². The van der Waals surface area contributed by atoms with E-state index < -0.39 is 16.0 Å². The van der Waals surface area contributed by atoms with Gasteiger partial charge < -0.3 is 9.47 Å². The van der Waals surface area contributed by atoms with E-state index in [4.69, 9.17) is 4.74 Å². The van der Waals surface area contributed by atoms with Crippen LogP contribution >= 0.6 is 0 Å². The van der Waals surface area contributed by atoms with Crippen LogP contribution in [-0.2, 0) is 26.0 Å². The lowest BCUT2D eigenvalue weighted by Crippen LogP contribution is -2.34. The Hall–Kier alpha value is -2.29. The molecule has 1 heterocycles. The summed E-state index contributed by atoms with van der Waals surface area (Å²) in [5, 5.41) is 0. The van der Waals surface area contributed by atoms with Crippen molar-refractivity contribution in [2.24, 2.45) is 0 Å². The number of carbonyl (C=O) groups excluding carboxylic acids is 1. The SMILES string of the molecule is COCCN(Cc1ccccn1)S(=O)(=O)c1ccc(C(=O)OC)cc1C. The Morgan fingerprint density at radius 1 is 1.19 bits per heavy atom. The lowest BCUT2D eigenvalue weighted by atomic mass is 10.1. The molecule has 0 N–H and O–H groups in total. The van der Waals surface area contributed by atoms with Crippen LogP contribution in [0.5, 0.6) is 0 Å². The molecular formula is C18H22N2O5S. The van der Waals surface area contributed by atoms with Gasteiger partial charge in [-0.15, -0.1) is 0 Å². The van der Waals surface area contributed by atoms with Gasteiger partial charge in [0.1, 0.15) is 0 Å². The Morgan fingerprint density at radius 3 is 2.54 bits per heavy atom. The predicted molar refractivity (Wildman–Crippen MR) is 96.2 cm³/mol. The molecule has 0 amide bonds. The molecule has 0 aliphatic rings. The van der Waals surface area contributed by atoms with E-state index >= 15 is 0 Å². The Kier molecular flexibility index (Phi) is 6.84. The van der Waals surface area contributed by atoms with Crippen molar-refractivity contribution >= 4 is 16.0 Å². The number of methoxy groups -OCH3 is 2. The van der Waals surface area contributed by atoms with E-state index in [1.54, 1.807) is 31.3 Å². The maximum atomic E-state index is 13.1. The zero-order chi connectivity index (χ0) is 19.2. The number of carbonyl (C=O) groups is 1. The van der Waals surface area contributed by atoms with Gasteiger partial charge in [-0.05, 0) is 42.8 Å². The van der Waals surface area contributed by atoms with Crippen molar-refractivity contribution in [3.05, 3.63) is 59.4 Å². The second kappa shape index (κ2) is 8.88. The molecule has 2 aromatic rings. The fourth-order valence-corrected chi connectivity index (χ4v) is 4.07. The minimum absolute atomic E-state index is 0.130. The van der Waals surface area contributed by atoms with Crippen LogP contribution in [0.4, 0.5) is 0 Å². The molecule has 140 valence electrons. The molecule has 7 nitrogen and oxygen atoms in total. The summed E-state index contributed by atoms with van der Waals surface area (Å²) in [5.74, 6) is -0.512. The molecule has 0 bridgehead atoms. The first-order chi connectivity index (χ1) is 12.4. The van der Waals surface area contributed by atoms with E-state index in [1.807, 2.05) is 0 Å². The third-order valence-corrected chi connectivity index (χ3v) is 5.83. The number of aromatic nitrogens is 1. The topological polar surface area (TPSA) is 85.8 Å². The molecular weight excluding hydrogens is 356 g/mol. The number of esters is 1. The summed E-state index contributed by atoms with van der Waals surface area (Å²) in [7, 11) is -0.995. The fraction of sp³-hybridized carbons (Fsp3) is 0.333. The summed E-state index contributed by atoms with van der Waals surface area (Å²) < 4.78 is 37.3. The van der Waals surface area contributed by atoms with E-state index in [-0.39, 0.29) is 24.6 Å². The van der Waals surface area contributed by atoms with Crippen molar-refractivity contribution < 1.29 is 22.7 Å². The van der Waals surface area contributed by atoms with Gasteiger partial charge in [-0.1, -0.05) is 6.07 Å². The van der Waals surface area contributed by atoms with Crippen LogP contribution in [0.15, 0.2) is 47.5 Å². The van der Waals surface area contributed by atoms with E-state index in [0.29, 0.717) is 16.8 Å². The molecule has 1 aromatic carbocycles. The molecule has 0 radical (unpaired) electrons. The van der Waals surface area contributed by atoms with Gasteiger partial charge in [0.2, 0.25) is 10.0 Å². The lowest BCUT2D eigenvalue weighted by molar-refractivity contribution is 0.0600. The minimum Gasteiger partial charge on any atom is -0.465 e. The van der Waals surface area contributed by atoms with E-state index in [9.17, 15) is 13.2 Å². The highest BCUT2D eigenvalue weighted by atomic mass is 32.2. The number of hydrogen-bond acceptors (Lipinski definition) is 6. The maximum Gasteiger partial charge on any atom is 0.337 e. The molecule has 8 heteroatoms. The second-order valence-electron chi connectivity index (χ2n) is 5.62. The molecule has 0 aliphatic carbocycles. The Bertz CT molecular complexity index is 853. The highest BCUT2D eigenvalue weighted by Crippen LogP contribution is 2.22. The number of ether oxygens (including phenoxy) is 2. The van der Waals surface area contributed by atoms with Crippen LogP contribution in [0.25, 0.3) is 0 Å². The van der Waals surface area contributed by atoms with Gasteiger partial charge in [0.15, 0.2) is 0 Å². The van der Waals surface area contributed by atoms with Crippen LogP contribution in [0.3, 0.4) is 0 Å². The Morgan fingerprint density at radius 2 is 1.96 bits per heavy atom. The first-order valence-electron chi connectivity index (χ1n) is 7.98. The van der Waals surface area contributed by atoms with Crippen LogP contribution in [0.2, 0.25) is 0 Å². The molecule has 26 heavy (non-hydrogen) atoms. The van der Waals surface area contributed by atoms with Gasteiger partial charge in [0.25, 0.3) is 0 Å². The molecule has 0 aliphatic heterocycles. The molecule has 0 unspecified atom stereocenters. The third kappa shape index (κ3) is 4.66. The average molecular weight is 378 g/mol. The molecule has 1 aromatic heterocycles. The summed E-state index contributed by atoms with van der Waals surface area (Å²) in [6.45, 7) is 2.22. The maximum absolute atomic E-state index is 13.1. The van der Waals surface area contributed by atoms with Gasteiger partial charge in [-0.2, -0.15) is 4.31 Å². The zero-order valence-electron chi connectivity index (χ0n) is 15.0. The number of hydrogen-bond donors (Lipinski definition) is 0. The smallest absolute Gasteiger partial charge is 0.337 e. The Labute approximate surface area is 153 Å². The van der Waals surface area contributed by atoms with Crippen molar-refractivity contribution in [3.63, 3.8) is 0 Å². The van der Waals surface area contributed by atoms with Crippen molar-refractivity contribution in [3.8, 4) is 0 Å². The molecule has 2 rings (SSSR count). The van der Waals surface area contributed by atoms with Gasteiger partial charge in [-0.3, -0.25) is 4.98 Å². The van der Waals surface area contributed by atoms with E-state index in [2.05, 4.69) is 9.72 Å². The summed E-state index contributed by atoms with van der Waals surface area (Å²) in [6.07, 6.45) is 1.62. The average Bonchev–Trinajstić information content (AvgIpc) is 2.64. The first-order valence-corrected chi connectivity index (χ1v) is 9.42. The monoisotopic (exact) mass is 378 g/mol. The van der Waals surface area contributed by atoms with Crippen molar-refractivity contribution in [2.45, 2.75) is 18.4 Å². The van der Waals surface area contributed by atoms with Crippen molar-refractivity contribution in [1.29, 1.82) is 0 Å². The second-order valence-corrected chi connectivity index (χ2v) is 7.53. The van der Waals surface area contributed by atoms with Crippen LogP contribution in [0.1, 0.15) is 21.6 Å². The number of sulfonamides is 1. The number of pyridine rings is 1. The van der Waals surface area contributed by atoms with E-state index in [1.165, 1.54) is 36.7 Å². The quantitative estimate of drug-likeness (QED) is 0.653. The predicted octanol–water partition coefficient (Wildman–Crippen LogP) is 2.01. The van der Waals surface area contributed by atoms with Gasteiger partial charge >= 0.3 is 5.97 Å². The number of rotatable bonds is 8. The van der Waals surface area contributed by atoms with Crippen LogP contribution in [-0.4, -0.2) is 51.0 Å². The highest BCUT2D eigenvalue weighted by molar-refractivity contribution is 7.89. The lowest BCUT2D eigenvalue weighted by Gasteiger charge is -2.22. The minimum atomic E-state index is -3.79. The van der Waals surface area contributed by atoms with Gasteiger partial charge in [0, 0.05) is 19.9 Å². The fourth-order valence-electron chi connectivity index (χ4n) is 2.47. The zero-order valence-corrected chi connectivity index (χ0v) is 15.8. The Balaban J connectivity index is 2.37.